The fourth-order valence-electron chi connectivity index (χ4n) is 2.87. The van der Waals surface area contributed by atoms with Crippen LogP contribution in [0.25, 0.3) is 0 Å². The highest BCUT2D eigenvalue weighted by Gasteiger charge is 2.24. The second-order valence-electron chi connectivity index (χ2n) is 6.79. The Bertz CT molecular complexity index is 888. The molecule has 2 aliphatic rings. The Morgan fingerprint density at radius 2 is 2.19 bits per heavy atom. The van der Waals surface area contributed by atoms with E-state index in [-0.39, 0.29) is 5.91 Å². The van der Waals surface area contributed by atoms with Crippen LogP contribution in [0.5, 0.6) is 0 Å². The van der Waals surface area contributed by atoms with E-state index in [1.807, 2.05) is 60.6 Å². The molecule has 1 amide bonds. The molecule has 138 valence electrons. The SMILES string of the molecule is Cc1ccc(C(=O)NC2CC2)cc1N1C=C(OCc2ccccn2)N=CC1. The summed E-state index contributed by atoms with van der Waals surface area (Å²) in [6, 6.07) is 11.8. The summed E-state index contributed by atoms with van der Waals surface area (Å²) in [6.45, 7) is 3.03. The quantitative estimate of drug-likeness (QED) is 0.857. The fourth-order valence-corrected chi connectivity index (χ4v) is 2.87. The van der Waals surface area contributed by atoms with Crippen molar-refractivity contribution in [2.75, 3.05) is 11.4 Å². The highest BCUT2D eigenvalue weighted by Crippen LogP contribution is 2.25. The number of carbonyl (C=O) groups excluding carboxylic acids is 1. The second kappa shape index (κ2) is 7.61. The molecule has 1 aromatic heterocycles. The molecule has 1 fully saturated rings. The lowest BCUT2D eigenvalue weighted by atomic mass is 10.1. The van der Waals surface area contributed by atoms with E-state index in [0.717, 1.165) is 29.8 Å². The van der Waals surface area contributed by atoms with Crippen molar-refractivity contribution in [2.24, 2.45) is 4.99 Å². The van der Waals surface area contributed by atoms with Crippen molar-refractivity contribution in [3.8, 4) is 0 Å². The highest BCUT2D eigenvalue weighted by atomic mass is 16.5. The van der Waals surface area contributed by atoms with Crippen LogP contribution in [-0.4, -0.2) is 29.7 Å². The van der Waals surface area contributed by atoms with E-state index in [9.17, 15) is 4.79 Å². The van der Waals surface area contributed by atoms with Crippen LogP contribution >= 0.6 is 0 Å². The fraction of sp³-hybridized carbons (Fsp3) is 0.286. The largest absolute Gasteiger partial charge is 0.470 e. The van der Waals surface area contributed by atoms with Gasteiger partial charge in [0.1, 0.15) is 6.61 Å². The molecule has 1 saturated carbocycles. The van der Waals surface area contributed by atoms with E-state index in [1.54, 1.807) is 6.20 Å². The van der Waals surface area contributed by atoms with Crippen LogP contribution in [0.1, 0.15) is 34.5 Å². The average Bonchev–Trinajstić information content (AvgIpc) is 3.52. The molecule has 6 nitrogen and oxygen atoms in total. The average molecular weight is 362 g/mol. The number of nitrogens with one attached hydrogen (secondary N) is 1. The smallest absolute Gasteiger partial charge is 0.251 e. The number of anilines is 1. The Hall–Kier alpha value is -3.15. The number of aromatic nitrogens is 1. The van der Waals surface area contributed by atoms with Crippen LogP contribution in [0.4, 0.5) is 5.69 Å². The van der Waals surface area contributed by atoms with Gasteiger partial charge in [0.2, 0.25) is 5.88 Å². The first-order valence-corrected chi connectivity index (χ1v) is 9.14. The van der Waals surface area contributed by atoms with Gasteiger partial charge in [-0.3, -0.25) is 9.78 Å². The van der Waals surface area contributed by atoms with Gasteiger partial charge in [0.25, 0.3) is 5.91 Å². The molecule has 1 aromatic carbocycles. The number of carbonyl (C=O) groups is 1. The van der Waals surface area contributed by atoms with E-state index < -0.39 is 0 Å². The molecule has 0 unspecified atom stereocenters. The summed E-state index contributed by atoms with van der Waals surface area (Å²) < 4.78 is 5.78. The predicted octanol–water partition coefficient (Wildman–Crippen LogP) is 3.19. The molecule has 2 heterocycles. The van der Waals surface area contributed by atoms with Gasteiger partial charge in [-0.15, -0.1) is 0 Å². The summed E-state index contributed by atoms with van der Waals surface area (Å²) >= 11 is 0. The molecule has 2 aromatic rings. The third kappa shape index (κ3) is 4.34. The van der Waals surface area contributed by atoms with Crippen LogP contribution in [0, 0.1) is 6.92 Å². The summed E-state index contributed by atoms with van der Waals surface area (Å²) in [4.78, 5) is 23.0. The Morgan fingerprint density at radius 3 is 2.96 bits per heavy atom. The van der Waals surface area contributed by atoms with Crippen LogP contribution in [0.15, 0.2) is 59.7 Å². The van der Waals surface area contributed by atoms with Crippen LogP contribution in [-0.2, 0) is 11.3 Å². The first-order chi connectivity index (χ1) is 13.2. The Kier molecular flexibility index (Phi) is 4.87. The van der Waals surface area contributed by atoms with Crippen molar-refractivity contribution in [1.82, 2.24) is 10.3 Å². The van der Waals surface area contributed by atoms with Crippen molar-refractivity contribution >= 4 is 17.8 Å². The maximum Gasteiger partial charge on any atom is 0.251 e. The predicted molar refractivity (Wildman–Crippen MR) is 105 cm³/mol. The number of benzene rings is 1. The lowest BCUT2D eigenvalue weighted by Gasteiger charge is -2.24. The Morgan fingerprint density at radius 1 is 1.30 bits per heavy atom. The molecule has 1 aliphatic heterocycles. The van der Waals surface area contributed by atoms with Gasteiger partial charge in [0.15, 0.2) is 0 Å². The molecule has 0 atom stereocenters. The molecule has 1 aliphatic carbocycles. The van der Waals surface area contributed by atoms with Gasteiger partial charge in [0, 0.05) is 29.7 Å². The van der Waals surface area contributed by atoms with E-state index in [4.69, 9.17) is 4.74 Å². The zero-order valence-corrected chi connectivity index (χ0v) is 15.3. The van der Waals surface area contributed by atoms with Gasteiger partial charge < -0.3 is 15.0 Å². The monoisotopic (exact) mass is 362 g/mol. The molecule has 1 N–H and O–H groups in total. The number of hydrogen-bond acceptors (Lipinski definition) is 5. The minimum atomic E-state index is -0.0139. The lowest BCUT2D eigenvalue weighted by Crippen LogP contribution is -2.27. The summed E-state index contributed by atoms with van der Waals surface area (Å²) in [7, 11) is 0. The maximum absolute atomic E-state index is 12.4. The van der Waals surface area contributed by atoms with Crippen molar-refractivity contribution < 1.29 is 9.53 Å². The molecule has 0 spiro atoms. The van der Waals surface area contributed by atoms with Gasteiger partial charge in [0.05, 0.1) is 18.4 Å². The number of pyridine rings is 1. The van der Waals surface area contributed by atoms with E-state index in [2.05, 4.69) is 15.3 Å². The zero-order valence-electron chi connectivity index (χ0n) is 15.3. The summed E-state index contributed by atoms with van der Waals surface area (Å²) in [5, 5.41) is 3.04. The molecular weight excluding hydrogens is 340 g/mol. The number of amides is 1. The van der Waals surface area contributed by atoms with Gasteiger partial charge in [-0.1, -0.05) is 12.1 Å². The summed E-state index contributed by atoms with van der Waals surface area (Å²) in [5.41, 5.74) is 3.59. The molecular formula is C21H22N4O2. The molecule has 6 heteroatoms. The number of hydrogen-bond donors (Lipinski definition) is 1. The maximum atomic E-state index is 12.4. The third-order valence-electron chi connectivity index (χ3n) is 4.55. The second-order valence-corrected chi connectivity index (χ2v) is 6.79. The van der Waals surface area contributed by atoms with Crippen molar-refractivity contribution in [3.05, 3.63) is 71.5 Å². The van der Waals surface area contributed by atoms with Gasteiger partial charge in [-0.25, -0.2) is 4.99 Å². The molecule has 0 bridgehead atoms. The van der Waals surface area contributed by atoms with Crippen LogP contribution in [0.3, 0.4) is 0 Å². The topological polar surface area (TPSA) is 66.8 Å². The Balaban J connectivity index is 1.49. The lowest BCUT2D eigenvalue weighted by molar-refractivity contribution is 0.0951. The highest BCUT2D eigenvalue weighted by molar-refractivity contribution is 5.96. The van der Waals surface area contributed by atoms with E-state index in [0.29, 0.717) is 30.6 Å². The number of nitrogens with zero attached hydrogens (tertiary/aromatic N) is 3. The minimum absolute atomic E-state index is 0.0139. The number of rotatable bonds is 6. The first kappa shape index (κ1) is 17.3. The van der Waals surface area contributed by atoms with Crippen molar-refractivity contribution in [1.29, 1.82) is 0 Å². The molecule has 27 heavy (non-hydrogen) atoms. The van der Waals surface area contributed by atoms with Crippen LogP contribution in [0.2, 0.25) is 0 Å². The Labute approximate surface area is 158 Å². The number of aliphatic imine (C=N–C) groups is 1. The standard InChI is InChI=1S/C21H22N4O2/c1-15-5-6-16(21(26)24-17-7-8-17)12-19(15)25-11-10-23-20(13-25)27-14-18-4-2-3-9-22-18/h2-6,9-10,12-13,17H,7-8,11,14H2,1H3,(H,24,26). The molecule has 4 rings (SSSR count). The number of aryl methyl sites for hydroxylation is 1. The van der Waals surface area contributed by atoms with E-state index >= 15 is 0 Å². The van der Waals surface area contributed by atoms with E-state index in [1.165, 1.54) is 0 Å². The van der Waals surface area contributed by atoms with Gasteiger partial charge in [-0.2, -0.15) is 0 Å². The minimum Gasteiger partial charge on any atom is -0.470 e. The van der Waals surface area contributed by atoms with Crippen LogP contribution < -0.4 is 10.2 Å². The number of ether oxygens (including phenoxy) is 1. The third-order valence-corrected chi connectivity index (χ3v) is 4.55. The first-order valence-electron chi connectivity index (χ1n) is 9.14. The molecule has 0 saturated heterocycles. The zero-order chi connectivity index (χ0) is 18.6. The van der Waals surface area contributed by atoms with Crippen molar-refractivity contribution in [3.63, 3.8) is 0 Å². The van der Waals surface area contributed by atoms with Crippen molar-refractivity contribution in [2.45, 2.75) is 32.4 Å². The summed E-state index contributed by atoms with van der Waals surface area (Å²) in [6.07, 6.45) is 7.57. The van der Waals surface area contributed by atoms with Gasteiger partial charge >= 0.3 is 0 Å². The molecule has 0 radical (unpaired) electrons. The van der Waals surface area contributed by atoms with Gasteiger partial charge in [-0.05, 0) is 49.6 Å². The summed E-state index contributed by atoms with van der Waals surface area (Å²) in [5.74, 6) is 0.513. The normalized spacial score (nSPS) is 16.0.